The maximum Gasteiger partial charge on any atom is 0.240 e. The Balaban J connectivity index is 1.52. The van der Waals surface area contributed by atoms with Gasteiger partial charge in [-0.3, -0.25) is 0 Å². The first-order valence-electron chi connectivity index (χ1n) is 8.10. The molecule has 2 fully saturated rings. The number of hydrogen-bond donors (Lipinski definition) is 1. The molecule has 3 atom stereocenters. The third kappa shape index (κ3) is 2.55. The molecular formula is C18H21NO2S. The Morgan fingerprint density at radius 3 is 2.55 bits per heavy atom. The minimum Gasteiger partial charge on any atom is -0.211 e. The van der Waals surface area contributed by atoms with Crippen molar-refractivity contribution in [3.05, 3.63) is 42.5 Å². The molecule has 0 amide bonds. The summed E-state index contributed by atoms with van der Waals surface area (Å²) in [4.78, 5) is 0.370. The fraction of sp³-hybridized carbons (Fsp3) is 0.444. The molecule has 2 aromatic carbocycles. The molecule has 0 aliphatic heterocycles. The molecular weight excluding hydrogens is 294 g/mol. The summed E-state index contributed by atoms with van der Waals surface area (Å²) in [5.74, 6) is 2.12. The monoisotopic (exact) mass is 315 g/mol. The normalized spacial score (nSPS) is 27.5. The van der Waals surface area contributed by atoms with Crippen LogP contribution in [0.1, 0.15) is 25.7 Å². The van der Waals surface area contributed by atoms with Gasteiger partial charge in [0.25, 0.3) is 0 Å². The smallest absolute Gasteiger partial charge is 0.211 e. The zero-order chi connectivity index (χ0) is 15.2. The topological polar surface area (TPSA) is 46.2 Å². The predicted octanol–water partition coefficient (Wildman–Crippen LogP) is 3.55. The summed E-state index contributed by atoms with van der Waals surface area (Å²) >= 11 is 0. The molecule has 116 valence electrons. The minimum absolute atomic E-state index is 0.370. The van der Waals surface area contributed by atoms with Crippen LogP contribution in [0, 0.1) is 17.8 Å². The Hall–Kier alpha value is -1.39. The molecule has 0 saturated heterocycles. The minimum atomic E-state index is -3.41. The predicted molar refractivity (Wildman–Crippen MR) is 88.1 cm³/mol. The van der Waals surface area contributed by atoms with Crippen LogP contribution in [0.15, 0.2) is 47.4 Å². The summed E-state index contributed by atoms with van der Waals surface area (Å²) in [6.45, 7) is 0.594. The van der Waals surface area contributed by atoms with Gasteiger partial charge in [-0.1, -0.05) is 36.8 Å². The number of benzene rings is 2. The molecule has 0 unspecified atom stereocenters. The number of nitrogens with one attached hydrogen (secondary N) is 1. The highest BCUT2D eigenvalue weighted by Gasteiger charge is 2.39. The van der Waals surface area contributed by atoms with Gasteiger partial charge in [0.15, 0.2) is 0 Å². The molecule has 2 bridgehead atoms. The van der Waals surface area contributed by atoms with E-state index in [1.165, 1.54) is 25.7 Å². The van der Waals surface area contributed by atoms with Gasteiger partial charge in [0.1, 0.15) is 0 Å². The standard InChI is InChI=1S/C18H21NO2S/c20-22(21,19-12-17-10-13-5-6-16(17)9-13)18-8-7-14-3-1-2-4-15(14)11-18/h1-4,7-8,11,13,16-17,19H,5-6,9-10,12H2/t13-,16-,17+/m1/s1. The largest absolute Gasteiger partial charge is 0.240 e. The van der Waals surface area contributed by atoms with E-state index in [1.807, 2.05) is 30.3 Å². The molecule has 22 heavy (non-hydrogen) atoms. The second-order valence-electron chi connectivity index (χ2n) is 6.80. The van der Waals surface area contributed by atoms with Gasteiger partial charge in [0.2, 0.25) is 10.0 Å². The molecule has 3 nitrogen and oxygen atoms in total. The second-order valence-corrected chi connectivity index (χ2v) is 8.56. The first-order chi connectivity index (χ1) is 10.6. The third-order valence-corrected chi connectivity index (χ3v) is 6.87. The molecule has 0 aromatic heterocycles. The van der Waals surface area contributed by atoms with Gasteiger partial charge >= 0.3 is 0 Å². The molecule has 2 aliphatic carbocycles. The van der Waals surface area contributed by atoms with Crippen molar-refractivity contribution in [1.82, 2.24) is 4.72 Å². The molecule has 2 aliphatic rings. The van der Waals surface area contributed by atoms with Crippen molar-refractivity contribution in [2.45, 2.75) is 30.6 Å². The van der Waals surface area contributed by atoms with Crippen molar-refractivity contribution in [3.8, 4) is 0 Å². The van der Waals surface area contributed by atoms with E-state index in [2.05, 4.69) is 4.72 Å². The van der Waals surface area contributed by atoms with Crippen molar-refractivity contribution in [2.75, 3.05) is 6.54 Å². The lowest BCUT2D eigenvalue weighted by Crippen LogP contribution is -2.31. The van der Waals surface area contributed by atoms with E-state index < -0.39 is 10.0 Å². The van der Waals surface area contributed by atoms with Crippen LogP contribution in [0.3, 0.4) is 0 Å². The van der Waals surface area contributed by atoms with Gasteiger partial charge in [-0.15, -0.1) is 0 Å². The molecule has 0 heterocycles. The highest BCUT2D eigenvalue weighted by molar-refractivity contribution is 7.89. The quantitative estimate of drug-likeness (QED) is 0.938. The first kappa shape index (κ1) is 14.2. The van der Waals surface area contributed by atoms with Crippen LogP contribution in [0.25, 0.3) is 10.8 Å². The summed E-state index contributed by atoms with van der Waals surface area (Å²) < 4.78 is 27.9. The highest BCUT2D eigenvalue weighted by Crippen LogP contribution is 2.48. The Labute approximate surface area is 131 Å². The lowest BCUT2D eigenvalue weighted by atomic mass is 9.89. The lowest BCUT2D eigenvalue weighted by molar-refractivity contribution is 0.333. The number of rotatable bonds is 4. The first-order valence-corrected chi connectivity index (χ1v) is 9.58. The van der Waals surface area contributed by atoms with Crippen molar-refractivity contribution in [1.29, 1.82) is 0 Å². The van der Waals surface area contributed by atoms with Gasteiger partial charge in [0.05, 0.1) is 4.90 Å². The zero-order valence-electron chi connectivity index (χ0n) is 12.5. The molecule has 1 N–H and O–H groups in total. The molecule has 0 spiro atoms. The molecule has 2 aromatic rings. The van der Waals surface area contributed by atoms with Gasteiger partial charge in [-0.05, 0) is 59.9 Å². The van der Waals surface area contributed by atoms with Gasteiger partial charge in [-0.25, -0.2) is 13.1 Å². The summed E-state index contributed by atoms with van der Waals surface area (Å²) in [5, 5.41) is 2.03. The van der Waals surface area contributed by atoms with Crippen LogP contribution in [0.2, 0.25) is 0 Å². The van der Waals surface area contributed by atoms with Gasteiger partial charge in [0, 0.05) is 6.54 Å². The van der Waals surface area contributed by atoms with Crippen LogP contribution < -0.4 is 4.72 Å². The van der Waals surface area contributed by atoms with Crippen molar-refractivity contribution < 1.29 is 8.42 Å². The van der Waals surface area contributed by atoms with Crippen LogP contribution in [0.5, 0.6) is 0 Å². The Bertz CT molecular complexity index is 800. The summed E-state index contributed by atoms with van der Waals surface area (Å²) in [7, 11) is -3.41. The van der Waals surface area contributed by atoms with Gasteiger partial charge in [-0.2, -0.15) is 0 Å². The van der Waals surface area contributed by atoms with E-state index in [0.29, 0.717) is 17.4 Å². The van der Waals surface area contributed by atoms with Gasteiger partial charge < -0.3 is 0 Å². The van der Waals surface area contributed by atoms with E-state index >= 15 is 0 Å². The summed E-state index contributed by atoms with van der Waals surface area (Å²) in [6, 6.07) is 13.2. The Kier molecular flexibility index (Phi) is 3.46. The molecule has 4 heteroatoms. The third-order valence-electron chi connectivity index (χ3n) is 5.45. The lowest BCUT2D eigenvalue weighted by Gasteiger charge is -2.21. The Morgan fingerprint density at radius 1 is 1.00 bits per heavy atom. The zero-order valence-corrected chi connectivity index (χ0v) is 13.4. The van der Waals surface area contributed by atoms with Crippen molar-refractivity contribution in [2.24, 2.45) is 17.8 Å². The second kappa shape index (κ2) is 5.36. The van der Waals surface area contributed by atoms with Crippen molar-refractivity contribution in [3.63, 3.8) is 0 Å². The number of fused-ring (bicyclic) bond motifs is 3. The highest BCUT2D eigenvalue weighted by atomic mass is 32.2. The van der Waals surface area contributed by atoms with E-state index in [-0.39, 0.29) is 0 Å². The van der Waals surface area contributed by atoms with Crippen LogP contribution in [-0.2, 0) is 10.0 Å². The van der Waals surface area contributed by atoms with Crippen LogP contribution in [0.4, 0.5) is 0 Å². The number of hydrogen-bond acceptors (Lipinski definition) is 2. The fourth-order valence-electron chi connectivity index (χ4n) is 4.26. The SMILES string of the molecule is O=S(=O)(NC[C@@H]1C[C@@H]2CC[C@@H]1C2)c1ccc2ccccc2c1. The Morgan fingerprint density at radius 2 is 1.82 bits per heavy atom. The fourth-order valence-corrected chi connectivity index (χ4v) is 5.39. The summed E-state index contributed by atoms with van der Waals surface area (Å²) in [5.41, 5.74) is 0. The molecule has 2 saturated carbocycles. The number of sulfonamides is 1. The summed E-state index contributed by atoms with van der Waals surface area (Å²) in [6.07, 6.45) is 5.14. The van der Waals surface area contributed by atoms with E-state index in [1.54, 1.807) is 12.1 Å². The van der Waals surface area contributed by atoms with Crippen molar-refractivity contribution >= 4 is 20.8 Å². The van der Waals surface area contributed by atoms with Crippen LogP contribution >= 0.6 is 0 Å². The molecule has 4 rings (SSSR count). The van der Waals surface area contributed by atoms with Crippen LogP contribution in [-0.4, -0.2) is 15.0 Å². The average molecular weight is 315 g/mol. The average Bonchev–Trinajstić information content (AvgIpc) is 3.15. The maximum atomic E-state index is 12.5. The maximum absolute atomic E-state index is 12.5. The molecule has 0 radical (unpaired) electrons. The van der Waals surface area contributed by atoms with E-state index in [0.717, 1.165) is 22.6 Å². The van der Waals surface area contributed by atoms with E-state index in [4.69, 9.17) is 0 Å². The van der Waals surface area contributed by atoms with E-state index in [9.17, 15) is 8.42 Å².